The molecular weight excluding hydrogens is 336 g/mol. The fourth-order valence-electron chi connectivity index (χ4n) is 3.22. The first-order valence-corrected chi connectivity index (χ1v) is 9.06. The van der Waals surface area contributed by atoms with E-state index in [2.05, 4.69) is 53.5 Å². The SMILES string of the molecule is CCOc1ccccc1Nc1nc2ccc(-c3cc(C)cc(C)c3)cn2n1. The highest BCUT2D eigenvalue weighted by atomic mass is 16.5. The van der Waals surface area contributed by atoms with E-state index < -0.39 is 0 Å². The zero-order valence-electron chi connectivity index (χ0n) is 15.7. The van der Waals surface area contributed by atoms with Crippen molar-refractivity contribution in [2.45, 2.75) is 20.8 Å². The number of aryl methyl sites for hydroxylation is 2. The van der Waals surface area contributed by atoms with Gasteiger partial charge in [-0.1, -0.05) is 41.5 Å². The van der Waals surface area contributed by atoms with Crippen LogP contribution in [0.3, 0.4) is 0 Å². The van der Waals surface area contributed by atoms with Crippen LogP contribution >= 0.6 is 0 Å². The summed E-state index contributed by atoms with van der Waals surface area (Å²) in [6, 6.07) is 18.4. The average Bonchev–Trinajstić information content (AvgIpc) is 3.04. The maximum atomic E-state index is 5.66. The van der Waals surface area contributed by atoms with Gasteiger partial charge in [0.05, 0.1) is 12.3 Å². The Balaban J connectivity index is 1.67. The lowest BCUT2D eigenvalue weighted by Gasteiger charge is -2.09. The van der Waals surface area contributed by atoms with Crippen LogP contribution in [0.25, 0.3) is 16.8 Å². The molecule has 2 aromatic carbocycles. The number of anilines is 2. The van der Waals surface area contributed by atoms with Crippen LogP contribution in [0.2, 0.25) is 0 Å². The molecule has 4 rings (SSSR count). The van der Waals surface area contributed by atoms with Gasteiger partial charge in [-0.15, -0.1) is 5.10 Å². The molecule has 0 radical (unpaired) electrons. The molecule has 5 nitrogen and oxygen atoms in total. The molecule has 4 aromatic rings. The van der Waals surface area contributed by atoms with Crippen molar-refractivity contribution in [2.24, 2.45) is 0 Å². The summed E-state index contributed by atoms with van der Waals surface area (Å²) >= 11 is 0. The van der Waals surface area contributed by atoms with Crippen LogP contribution in [0.5, 0.6) is 5.75 Å². The van der Waals surface area contributed by atoms with Crippen LogP contribution in [0.4, 0.5) is 11.6 Å². The van der Waals surface area contributed by atoms with E-state index in [1.54, 1.807) is 4.52 Å². The van der Waals surface area contributed by atoms with E-state index in [1.165, 1.54) is 16.7 Å². The van der Waals surface area contributed by atoms with E-state index in [0.29, 0.717) is 12.6 Å². The van der Waals surface area contributed by atoms with Crippen LogP contribution in [0, 0.1) is 13.8 Å². The highest BCUT2D eigenvalue weighted by molar-refractivity contribution is 5.67. The molecule has 0 aliphatic heterocycles. The Morgan fingerprint density at radius 1 is 0.963 bits per heavy atom. The lowest BCUT2D eigenvalue weighted by molar-refractivity contribution is 0.342. The second kappa shape index (κ2) is 7.11. The quantitative estimate of drug-likeness (QED) is 0.536. The molecule has 0 saturated carbocycles. The molecular formula is C22H22N4O. The van der Waals surface area contributed by atoms with Crippen molar-refractivity contribution in [1.29, 1.82) is 0 Å². The van der Waals surface area contributed by atoms with E-state index in [9.17, 15) is 0 Å². The number of nitrogens with one attached hydrogen (secondary N) is 1. The first kappa shape index (κ1) is 17.1. The third-order valence-corrected chi connectivity index (χ3v) is 4.32. The molecule has 2 heterocycles. The highest BCUT2D eigenvalue weighted by Crippen LogP contribution is 2.27. The molecule has 0 spiro atoms. The molecule has 0 bridgehead atoms. The van der Waals surface area contributed by atoms with Gasteiger partial charge in [-0.2, -0.15) is 4.98 Å². The third-order valence-electron chi connectivity index (χ3n) is 4.32. The second-order valence-electron chi connectivity index (χ2n) is 6.59. The summed E-state index contributed by atoms with van der Waals surface area (Å²) in [5.74, 6) is 1.33. The Hall–Kier alpha value is -3.34. The maximum Gasteiger partial charge on any atom is 0.247 e. The largest absolute Gasteiger partial charge is 0.492 e. The molecule has 0 aliphatic rings. The van der Waals surface area contributed by atoms with Crippen LogP contribution in [-0.4, -0.2) is 21.2 Å². The van der Waals surface area contributed by atoms with Gasteiger partial charge < -0.3 is 10.1 Å². The number of hydrogen-bond acceptors (Lipinski definition) is 4. The van der Waals surface area contributed by atoms with Gasteiger partial charge in [0, 0.05) is 11.8 Å². The van der Waals surface area contributed by atoms with Crippen molar-refractivity contribution in [3.63, 3.8) is 0 Å². The third kappa shape index (κ3) is 3.62. The lowest BCUT2D eigenvalue weighted by Crippen LogP contribution is -1.98. The average molecular weight is 358 g/mol. The number of benzene rings is 2. The maximum absolute atomic E-state index is 5.66. The summed E-state index contributed by atoms with van der Waals surface area (Å²) in [5, 5.41) is 7.84. The molecule has 2 aromatic heterocycles. The summed E-state index contributed by atoms with van der Waals surface area (Å²) in [6.07, 6.45) is 2.01. The van der Waals surface area contributed by atoms with Gasteiger partial charge in [-0.3, -0.25) is 0 Å². The molecule has 136 valence electrons. The number of ether oxygens (including phenoxy) is 1. The standard InChI is InChI=1S/C22H22N4O/c1-4-27-20-8-6-5-7-19(20)23-22-24-21-10-9-17(14-26(21)25-22)18-12-15(2)11-16(3)13-18/h5-14H,4H2,1-3H3,(H,23,25). The van der Waals surface area contributed by atoms with Gasteiger partial charge >= 0.3 is 0 Å². The lowest BCUT2D eigenvalue weighted by atomic mass is 10.0. The molecule has 5 heteroatoms. The number of pyridine rings is 1. The van der Waals surface area contributed by atoms with Crippen LogP contribution < -0.4 is 10.1 Å². The fraction of sp³-hybridized carbons (Fsp3) is 0.182. The molecule has 0 aliphatic carbocycles. The number of nitrogens with zero attached hydrogens (tertiary/aromatic N) is 3. The second-order valence-corrected chi connectivity index (χ2v) is 6.59. The molecule has 0 amide bonds. The normalized spacial score (nSPS) is 10.9. The smallest absolute Gasteiger partial charge is 0.247 e. The van der Waals surface area contributed by atoms with Crippen LogP contribution in [-0.2, 0) is 0 Å². The minimum Gasteiger partial charge on any atom is -0.492 e. The fourth-order valence-corrected chi connectivity index (χ4v) is 3.22. The Kier molecular flexibility index (Phi) is 4.50. The molecule has 0 fully saturated rings. The predicted molar refractivity (Wildman–Crippen MR) is 109 cm³/mol. The topological polar surface area (TPSA) is 51.5 Å². The number of hydrogen-bond donors (Lipinski definition) is 1. The van der Waals surface area contributed by atoms with Gasteiger partial charge in [-0.25, -0.2) is 4.52 Å². The van der Waals surface area contributed by atoms with E-state index in [1.807, 2.05) is 43.5 Å². The van der Waals surface area contributed by atoms with E-state index in [-0.39, 0.29) is 0 Å². The van der Waals surface area contributed by atoms with E-state index in [0.717, 1.165) is 22.6 Å². The molecule has 0 saturated heterocycles. The number of fused-ring (bicyclic) bond motifs is 1. The molecule has 0 unspecified atom stereocenters. The Bertz CT molecular complexity index is 1080. The Labute approximate surface area is 158 Å². The number of rotatable bonds is 5. The number of aromatic nitrogens is 3. The van der Waals surface area contributed by atoms with E-state index in [4.69, 9.17) is 4.74 Å². The zero-order chi connectivity index (χ0) is 18.8. The van der Waals surface area contributed by atoms with Crippen molar-refractivity contribution < 1.29 is 4.74 Å². The van der Waals surface area contributed by atoms with Gasteiger partial charge in [0.2, 0.25) is 5.95 Å². The highest BCUT2D eigenvalue weighted by Gasteiger charge is 2.09. The van der Waals surface area contributed by atoms with Crippen molar-refractivity contribution in [2.75, 3.05) is 11.9 Å². The van der Waals surface area contributed by atoms with Gasteiger partial charge in [0.1, 0.15) is 5.75 Å². The summed E-state index contributed by atoms with van der Waals surface area (Å²) in [6.45, 7) is 6.80. The van der Waals surface area contributed by atoms with E-state index >= 15 is 0 Å². The zero-order valence-corrected chi connectivity index (χ0v) is 15.7. The van der Waals surface area contributed by atoms with Crippen molar-refractivity contribution in [1.82, 2.24) is 14.6 Å². The van der Waals surface area contributed by atoms with Gasteiger partial charge in [0.25, 0.3) is 0 Å². The minimum absolute atomic E-state index is 0.541. The molecule has 1 N–H and O–H groups in total. The summed E-state index contributed by atoms with van der Waals surface area (Å²) in [4.78, 5) is 4.56. The first-order valence-electron chi connectivity index (χ1n) is 9.06. The monoisotopic (exact) mass is 358 g/mol. The summed E-state index contributed by atoms with van der Waals surface area (Å²) < 4.78 is 7.46. The van der Waals surface area contributed by atoms with Crippen LogP contribution in [0.15, 0.2) is 60.8 Å². The van der Waals surface area contributed by atoms with Crippen molar-refractivity contribution in [3.05, 3.63) is 71.9 Å². The van der Waals surface area contributed by atoms with Gasteiger partial charge in [0.15, 0.2) is 5.65 Å². The number of para-hydroxylation sites is 2. The van der Waals surface area contributed by atoms with Crippen molar-refractivity contribution in [3.8, 4) is 16.9 Å². The van der Waals surface area contributed by atoms with Gasteiger partial charge in [-0.05, 0) is 50.6 Å². The Morgan fingerprint density at radius 2 is 1.74 bits per heavy atom. The van der Waals surface area contributed by atoms with Crippen molar-refractivity contribution >= 4 is 17.3 Å². The summed E-state index contributed by atoms with van der Waals surface area (Å²) in [7, 11) is 0. The molecule has 0 atom stereocenters. The summed E-state index contributed by atoms with van der Waals surface area (Å²) in [5.41, 5.74) is 6.43. The first-order chi connectivity index (χ1) is 13.1. The van der Waals surface area contributed by atoms with Crippen LogP contribution in [0.1, 0.15) is 18.1 Å². The molecule has 27 heavy (non-hydrogen) atoms. The Morgan fingerprint density at radius 3 is 2.52 bits per heavy atom. The minimum atomic E-state index is 0.541. The predicted octanol–water partition coefficient (Wildman–Crippen LogP) is 5.16.